The fourth-order valence-electron chi connectivity index (χ4n) is 1.37. The minimum atomic E-state index is 0.0189. The van der Waals surface area contributed by atoms with Crippen molar-refractivity contribution in [2.45, 2.75) is 36.1 Å². The Bertz CT molecular complexity index is 307. The molecule has 3 N–H and O–H groups in total. The molecule has 0 amide bonds. The van der Waals surface area contributed by atoms with Gasteiger partial charge in [0.25, 0.3) is 0 Å². The Balaban J connectivity index is 2.59. The van der Waals surface area contributed by atoms with Gasteiger partial charge in [0.05, 0.1) is 11.6 Å². The number of hydrogen-bond acceptors (Lipinski definition) is 4. The predicted octanol–water partition coefficient (Wildman–Crippen LogP) is 2.42. The maximum atomic E-state index is 9.30. The number of aliphatic hydroxyl groups is 1. The van der Waals surface area contributed by atoms with E-state index in [1.54, 1.807) is 6.20 Å². The first-order valence-electron chi connectivity index (χ1n) is 5.32. The van der Waals surface area contributed by atoms with E-state index in [2.05, 4.69) is 27.8 Å². The van der Waals surface area contributed by atoms with Crippen molar-refractivity contribution < 1.29 is 5.11 Å². The highest BCUT2D eigenvalue weighted by Gasteiger charge is 2.17. The molecule has 0 saturated heterocycles. The molecule has 0 spiro atoms. The van der Waals surface area contributed by atoms with Crippen molar-refractivity contribution in [2.75, 3.05) is 6.61 Å². The van der Waals surface area contributed by atoms with E-state index in [9.17, 15) is 5.11 Å². The van der Waals surface area contributed by atoms with Crippen molar-refractivity contribution in [3.8, 4) is 0 Å². The third-order valence-corrected chi connectivity index (χ3v) is 4.01. The molecule has 3 nitrogen and oxygen atoms in total. The van der Waals surface area contributed by atoms with Crippen LogP contribution in [0.4, 0.5) is 0 Å². The van der Waals surface area contributed by atoms with Gasteiger partial charge in [0.15, 0.2) is 0 Å². The summed E-state index contributed by atoms with van der Waals surface area (Å²) in [6.45, 7) is 2.18. The van der Waals surface area contributed by atoms with E-state index >= 15 is 0 Å². The molecule has 0 aromatic carbocycles. The van der Waals surface area contributed by atoms with Crippen LogP contribution in [0.5, 0.6) is 0 Å². The van der Waals surface area contributed by atoms with Crippen molar-refractivity contribution in [2.24, 2.45) is 5.73 Å². The van der Waals surface area contributed by atoms with Crippen LogP contribution >= 0.6 is 27.7 Å². The Hall–Kier alpha value is -0.100. The summed E-state index contributed by atoms with van der Waals surface area (Å²) in [5, 5.41) is 10.2. The number of aromatic nitrogens is 1. The summed E-state index contributed by atoms with van der Waals surface area (Å²) < 4.78 is 0.954. The highest BCUT2D eigenvalue weighted by molar-refractivity contribution is 9.10. The predicted molar refractivity (Wildman–Crippen MR) is 71.6 cm³/mol. The average molecular weight is 305 g/mol. The van der Waals surface area contributed by atoms with Gasteiger partial charge in [-0.05, 0) is 34.5 Å². The SMILES string of the molecule is CCCC(N)C(CO)Sc1ccc(Br)cn1. The van der Waals surface area contributed by atoms with E-state index in [-0.39, 0.29) is 17.9 Å². The zero-order chi connectivity index (χ0) is 12.0. The maximum absolute atomic E-state index is 9.30. The Kier molecular flexibility index (Phi) is 6.34. The second-order valence-corrected chi connectivity index (χ2v) is 5.78. The van der Waals surface area contributed by atoms with Crippen LogP contribution in [0.2, 0.25) is 0 Å². The lowest BCUT2D eigenvalue weighted by Gasteiger charge is -2.20. The van der Waals surface area contributed by atoms with Crippen LogP contribution < -0.4 is 5.73 Å². The van der Waals surface area contributed by atoms with Crippen molar-refractivity contribution in [3.63, 3.8) is 0 Å². The molecule has 0 aliphatic rings. The normalized spacial score (nSPS) is 14.8. The van der Waals surface area contributed by atoms with Gasteiger partial charge in [0, 0.05) is 22.0 Å². The lowest BCUT2D eigenvalue weighted by Crippen LogP contribution is -2.34. The molecule has 1 rings (SSSR count). The molecule has 0 saturated carbocycles. The standard InChI is InChI=1S/C11H17BrN2OS/c1-2-3-9(13)10(7-15)16-11-5-4-8(12)6-14-11/h4-6,9-10,15H,2-3,7,13H2,1H3. The van der Waals surface area contributed by atoms with E-state index in [1.165, 1.54) is 11.8 Å². The van der Waals surface area contributed by atoms with Crippen molar-refractivity contribution in [3.05, 3.63) is 22.8 Å². The van der Waals surface area contributed by atoms with Crippen molar-refractivity contribution >= 4 is 27.7 Å². The number of nitrogens with two attached hydrogens (primary N) is 1. The second-order valence-electron chi connectivity index (χ2n) is 3.61. The van der Waals surface area contributed by atoms with Crippen LogP contribution in [0, 0.1) is 0 Å². The summed E-state index contributed by atoms with van der Waals surface area (Å²) in [5.41, 5.74) is 6.00. The molecule has 0 aliphatic carbocycles. The number of thioether (sulfide) groups is 1. The Morgan fingerprint density at radius 1 is 1.56 bits per heavy atom. The number of nitrogens with zero attached hydrogens (tertiary/aromatic N) is 1. The van der Waals surface area contributed by atoms with Gasteiger partial charge < -0.3 is 10.8 Å². The fourth-order valence-corrected chi connectivity index (χ4v) is 2.56. The molecule has 16 heavy (non-hydrogen) atoms. The minimum absolute atomic E-state index is 0.0189. The second kappa shape index (κ2) is 7.27. The smallest absolute Gasteiger partial charge is 0.0964 e. The lowest BCUT2D eigenvalue weighted by atomic mass is 10.1. The molecule has 2 atom stereocenters. The van der Waals surface area contributed by atoms with Gasteiger partial charge in [-0.1, -0.05) is 25.1 Å². The van der Waals surface area contributed by atoms with E-state index in [0.717, 1.165) is 22.3 Å². The maximum Gasteiger partial charge on any atom is 0.0964 e. The van der Waals surface area contributed by atoms with Crippen LogP contribution in [0.25, 0.3) is 0 Å². The van der Waals surface area contributed by atoms with Gasteiger partial charge in [-0.2, -0.15) is 0 Å². The summed E-state index contributed by atoms with van der Waals surface area (Å²) in [4.78, 5) is 4.26. The molecule has 2 unspecified atom stereocenters. The third kappa shape index (κ3) is 4.41. The zero-order valence-corrected chi connectivity index (χ0v) is 11.7. The topological polar surface area (TPSA) is 59.1 Å². The monoisotopic (exact) mass is 304 g/mol. The molecular weight excluding hydrogens is 288 g/mol. The van der Waals surface area contributed by atoms with E-state index in [1.807, 2.05) is 12.1 Å². The summed E-state index contributed by atoms with van der Waals surface area (Å²) in [7, 11) is 0. The fraction of sp³-hybridized carbons (Fsp3) is 0.545. The number of halogens is 1. The van der Waals surface area contributed by atoms with Gasteiger partial charge in [-0.15, -0.1) is 0 Å². The first-order chi connectivity index (χ1) is 7.67. The lowest BCUT2D eigenvalue weighted by molar-refractivity contribution is 0.279. The zero-order valence-electron chi connectivity index (χ0n) is 9.27. The Morgan fingerprint density at radius 2 is 2.31 bits per heavy atom. The molecule has 1 aromatic heterocycles. The number of hydrogen-bond donors (Lipinski definition) is 2. The van der Waals surface area contributed by atoms with Gasteiger partial charge in [0.2, 0.25) is 0 Å². The van der Waals surface area contributed by atoms with Crippen LogP contribution in [-0.2, 0) is 0 Å². The summed E-state index contributed by atoms with van der Waals surface area (Å²) in [6.07, 6.45) is 3.71. The van der Waals surface area contributed by atoms with E-state index in [4.69, 9.17) is 5.73 Å². The van der Waals surface area contributed by atoms with Gasteiger partial charge in [0.1, 0.15) is 0 Å². The molecule has 1 aromatic rings. The van der Waals surface area contributed by atoms with Crippen molar-refractivity contribution in [1.29, 1.82) is 0 Å². The number of rotatable bonds is 6. The first-order valence-corrected chi connectivity index (χ1v) is 6.99. The minimum Gasteiger partial charge on any atom is -0.395 e. The molecular formula is C11H17BrN2OS. The van der Waals surface area contributed by atoms with Crippen molar-refractivity contribution in [1.82, 2.24) is 4.98 Å². The summed E-state index contributed by atoms with van der Waals surface area (Å²) >= 11 is 4.88. The van der Waals surface area contributed by atoms with Crippen LogP contribution in [0.15, 0.2) is 27.8 Å². The molecule has 0 radical (unpaired) electrons. The molecule has 0 aliphatic heterocycles. The highest BCUT2D eigenvalue weighted by Crippen LogP contribution is 2.25. The van der Waals surface area contributed by atoms with Gasteiger partial charge >= 0.3 is 0 Å². The molecule has 0 bridgehead atoms. The first kappa shape index (κ1) is 14.0. The third-order valence-electron chi connectivity index (χ3n) is 2.25. The Morgan fingerprint density at radius 3 is 2.81 bits per heavy atom. The van der Waals surface area contributed by atoms with Gasteiger partial charge in [-0.25, -0.2) is 4.98 Å². The molecule has 1 heterocycles. The highest BCUT2D eigenvalue weighted by atomic mass is 79.9. The summed E-state index contributed by atoms with van der Waals surface area (Å²) in [6, 6.07) is 3.89. The average Bonchev–Trinajstić information content (AvgIpc) is 2.28. The molecule has 5 heteroatoms. The van der Waals surface area contributed by atoms with E-state index < -0.39 is 0 Å². The van der Waals surface area contributed by atoms with Gasteiger partial charge in [-0.3, -0.25) is 0 Å². The number of aliphatic hydroxyl groups excluding tert-OH is 1. The number of pyridine rings is 1. The van der Waals surface area contributed by atoms with Crippen LogP contribution in [-0.4, -0.2) is 28.0 Å². The van der Waals surface area contributed by atoms with Crippen LogP contribution in [0.3, 0.4) is 0 Å². The quantitative estimate of drug-likeness (QED) is 0.793. The summed E-state index contributed by atoms with van der Waals surface area (Å²) in [5.74, 6) is 0. The van der Waals surface area contributed by atoms with Crippen LogP contribution in [0.1, 0.15) is 19.8 Å². The largest absolute Gasteiger partial charge is 0.395 e. The molecule has 0 fully saturated rings. The Labute approximate surface area is 109 Å². The molecule has 90 valence electrons. The van der Waals surface area contributed by atoms with E-state index in [0.29, 0.717) is 0 Å².